The minimum atomic E-state index is -3.94. The number of nitrogens with one attached hydrogen (secondary N) is 1. The maximum Gasteiger partial charge on any atom is 0.261 e. The van der Waals surface area contributed by atoms with E-state index < -0.39 is 9.05 Å². The van der Waals surface area contributed by atoms with Gasteiger partial charge >= 0.3 is 0 Å². The van der Waals surface area contributed by atoms with Crippen LogP contribution < -0.4 is 5.32 Å². The number of rotatable bonds is 3. The van der Waals surface area contributed by atoms with Gasteiger partial charge in [-0.3, -0.25) is 4.79 Å². The number of amides is 1. The van der Waals surface area contributed by atoms with Crippen molar-refractivity contribution in [3.05, 3.63) is 22.2 Å². The molecule has 0 unspecified atom stereocenters. The van der Waals surface area contributed by atoms with Crippen LogP contribution in [-0.2, 0) is 18.6 Å². The molecule has 0 atom stereocenters. The molecule has 21 heavy (non-hydrogen) atoms. The number of hydrogen-bond donors (Lipinski definition) is 1. The first-order valence-corrected chi connectivity index (χ1v) is 9.18. The Labute approximate surface area is 136 Å². The van der Waals surface area contributed by atoms with Crippen molar-refractivity contribution >= 4 is 54.5 Å². The highest BCUT2D eigenvalue weighted by Gasteiger charge is 2.24. The van der Waals surface area contributed by atoms with Crippen LogP contribution in [0.3, 0.4) is 0 Å². The Morgan fingerprint density at radius 3 is 2.19 bits per heavy atom. The molecule has 1 aromatic rings. The lowest BCUT2D eigenvalue weighted by atomic mass is 9.99. The molecule has 0 spiro atoms. The zero-order chi connectivity index (χ0) is 15.6. The normalized spacial score (nSPS) is 16.7. The van der Waals surface area contributed by atoms with Crippen LogP contribution in [0.5, 0.6) is 0 Å². The summed E-state index contributed by atoms with van der Waals surface area (Å²) in [4.78, 5) is 11.9. The molecule has 1 aliphatic heterocycles. The number of carbonyl (C=O) groups excluding carboxylic acids is 1. The average molecular weight is 373 g/mol. The first-order valence-electron chi connectivity index (χ1n) is 6.11. The smallest absolute Gasteiger partial charge is 0.261 e. The van der Waals surface area contributed by atoms with E-state index in [0.717, 1.165) is 12.1 Å². The second kappa shape index (κ2) is 6.71. The van der Waals surface area contributed by atoms with Crippen molar-refractivity contribution in [3.63, 3.8) is 0 Å². The molecular formula is C12H12Cl3NO4S. The van der Waals surface area contributed by atoms with Crippen molar-refractivity contribution in [2.24, 2.45) is 5.92 Å². The molecule has 1 heterocycles. The van der Waals surface area contributed by atoms with Gasteiger partial charge in [0.25, 0.3) is 9.05 Å². The van der Waals surface area contributed by atoms with Gasteiger partial charge in [0.1, 0.15) is 0 Å². The van der Waals surface area contributed by atoms with Gasteiger partial charge in [-0.2, -0.15) is 0 Å². The van der Waals surface area contributed by atoms with Gasteiger partial charge in [0.2, 0.25) is 5.91 Å². The highest BCUT2D eigenvalue weighted by atomic mass is 35.7. The van der Waals surface area contributed by atoms with Crippen molar-refractivity contribution in [3.8, 4) is 0 Å². The number of ether oxygens (including phenoxy) is 1. The number of benzene rings is 1. The minimum Gasteiger partial charge on any atom is -0.381 e. The first-order chi connectivity index (χ1) is 9.79. The molecule has 0 aliphatic carbocycles. The molecule has 9 heteroatoms. The van der Waals surface area contributed by atoms with Gasteiger partial charge in [-0.05, 0) is 25.0 Å². The maximum absolute atomic E-state index is 12.1. The van der Waals surface area contributed by atoms with Crippen LogP contribution in [0.1, 0.15) is 12.8 Å². The Balaban J connectivity index is 2.22. The van der Waals surface area contributed by atoms with E-state index in [1.54, 1.807) is 0 Å². The number of carbonyl (C=O) groups is 1. The fourth-order valence-corrected chi connectivity index (χ4v) is 3.49. The Hall–Kier alpha value is -0.530. The van der Waals surface area contributed by atoms with Crippen LogP contribution in [0.25, 0.3) is 0 Å². The van der Waals surface area contributed by atoms with Gasteiger partial charge in [-0.25, -0.2) is 8.42 Å². The molecule has 1 N–H and O–H groups in total. The first kappa shape index (κ1) is 16.8. The molecule has 1 aromatic carbocycles. The zero-order valence-electron chi connectivity index (χ0n) is 10.7. The van der Waals surface area contributed by atoms with E-state index in [1.165, 1.54) is 0 Å². The third-order valence-corrected chi connectivity index (χ3v) is 5.07. The van der Waals surface area contributed by atoms with Gasteiger partial charge in [-0.1, -0.05) is 23.2 Å². The molecule has 1 amide bonds. The Kier molecular flexibility index (Phi) is 5.38. The minimum absolute atomic E-state index is 0.0159. The number of anilines is 1. The molecular weight excluding hydrogens is 361 g/mol. The summed E-state index contributed by atoms with van der Waals surface area (Å²) in [6.07, 6.45) is 1.24. The quantitative estimate of drug-likeness (QED) is 0.826. The van der Waals surface area contributed by atoms with Gasteiger partial charge in [-0.15, -0.1) is 0 Å². The highest BCUT2D eigenvalue weighted by Crippen LogP contribution is 2.35. The van der Waals surface area contributed by atoms with E-state index in [-0.39, 0.29) is 32.5 Å². The van der Waals surface area contributed by atoms with Crippen LogP contribution in [0.2, 0.25) is 10.0 Å². The predicted octanol–water partition coefficient (Wildman–Crippen LogP) is 3.29. The van der Waals surface area contributed by atoms with Crippen LogP contribution in [-0.4, -0.2) is 27.5 Å². The highest BCUT2D eigenvalue weighted by molar-refractivity contribution is 8.13. The summed E-state index contributed by atoms with van der Waals surface area (Å²) < 4.78 is 27.7. The lowest BCUT2D eigenvalue weighted by Gasteiger charge is -2.21. The molecule has 1 aliphatic rings. The molecule has 116 valence electrons. The lowest BCUT2D eigenvalue weighted by Crippen LogP contribution is -2.28. The third kappa shape index (κ3) is 4.23. The van der Waals surface area contributed by atoms with E-state index in [4.69, 9.17) is 38.6 Å². The Morgan fingerprint density at radius 2 is 1.71 bits per heavy atom. The molecule has 0 aromatic heterocycles. The van der Waals surface area contributed by atoms with Gasteiger partial charge < -0.3 is 10.1 Å². The largest absolute Gasteiger partial charge is 0.381 e. The second-order valence-corrected chi connectivity index (χ2v) is 7.96. The van der Waals surface area contributed by atoms with Crippen molar-refractivity contribution in [1.29, 1.82) is 0 Å². The molecule has 5 nitrogen and oxygen atoms in total. The van der Waals surface area contributed by atoms with E-state index in [9.17, 15) is 13.2 Å². The van der Waals surface area contributed by atoms with Gasteiger partial charge in [0.15, 0.2) is 0 Å². The molecule has 2 rings (SSSR count). The van der Waals surface area contributed by atoms with E-state index in [0.29, 0.717) is 26.1 Å². The van der Waals surface area contributed by atoms with E-state index in [2.05, 4.69) is 5.32 Å². The summed E-state index contributed by atoms with van der Waals surface area (Å²) in [5.41, 5.74) is 0.180. The molecule has 1 fully saturated rings. The van der Waals surface area contributed by atoms with Crippen molar-refractivity contribution < 1.29 is 17.9 Å². The Bertz CT molecular complexity index is 633. The molecule has 0 radical (unpaired) electrons. The summed E-state index contributed by atoms with van der Waals surface area (Å²) in [5.74, 6) is -0.397. The summed E-state index contributed by atoms with van der Waals surface area (Å²) in [6, 6.07) is 2.30. The fraction of sp³-hybridized carbons (Fsp3) is 0.417. The van der Waals surface area contributed by atoms with E-state index >= 15 is 0 Å². The summed E-state index contributed by atoms with van der Waals surface area (Å²) in [7, 11) is 1.30. The molecule has 0 saturated carbocycles. The van der Waals surface area contributed by atoms with Gasteiger partial charge in [0.05, 0.1) is 20.6 Å². The average Bonchev–Trinajstić information content (AvgIpc) is 2.42. The summed E-state index contributed by atoms with van der Waals surface area (Å²) in [6.45, 7) is 1.06. The fourth-order valence-electron chi connectivity index (χ4n) is 2.00. The van der Waals surface area contributed by atoms with Gasteiger partial charge in [0, 0.05) is 29.8 Å². The summed E-state index contributed by atoms with van der Waals surface area (Å²) >= 11 is 12.0. The van der Waals surface area contributed by atoms with Crippen LogP contribution >= 0.6 is 33.9 Å². The maximum atomic E-state index is 12.1. The van der Waals surface area contributed by atoms with E-state index in [1.807, 2.05) is 0 Å². The Morgan fingerprint density at radius 1 is 1.19 bits per heavy atom. The topological polar surface area (TPSA) is 72.5 Å². The van der Waals surface area contributed by atoms with Crippen LogP contribution in [0.15, 0.2) is 17.0 Å². The van der Waals surface area contributed by atoms with Crippen LogP contribution in [0.4, 0.5) is 5.69 Å². The number of halogens is 3. The number of hydrogen-bond acceptors (Lipinski definition) is 4. The zero-order valence-corrected chi connectivity index (χ0v) is 13.8. The molecule has 1 saturated heterocycles. The third-order valence-electron chi connectivity index (χ3n) is 3.14. The van der Waals surface area contributed by atoms with Crippen molar-refractivity contribution in [2.45, 2.75) is 17.7 Å². The standard InChI is InChI=1S/C12H12Cl3NO4S/c13-9-5-8(21(15,18)19)6-10(14)11(9)16-12(17)7-1-3-20-4-2-7/h5-7H,1-4H2,(H,16,17). The predicted molar refractivity (Wildman–Crippen MR) is 81.7 cm³/mol. The SMILES string of the molecule is O=C(Nc1c(Cl)cc(S(=O)(=O)Cl)cc1Cl)C1CCOCC1. The van der Waals surface area contributed by atoms with Crippen molar-refractivity contribution in [2.75, 3.05) is 18.5 Å². The second-order valence-electron chi connectivity index (χ2n) is 4.58. The lowest BCUT2D eigenvalue weighted by molar-refractivity contribution is -0.122. The molecule has 0 bridgehead atoms. The summed E-state index contributed by atoms with van der Waals surface area (Å²) in [5, 5.41) is 2.66. The van der Waals surface area contributed by atoms with Crippen LogP contribution in [0, 0.1) is 5.92 Å². The monoisotopic (exact) mass is 371 g/mol. The van der Waals surface area contributed by atoms with Crippen molar-refractivity contribution in [1.82, 2.24) is 0 Å².